The first-order valence-corrected chi connectivity index (χ1v) is 6.99. The molecule has 0 bridgehead atoms. The first-order valence-electron chi connectivity index (χ1n) is 6.99. The Morgan fingerprint density at radius 1 is 1.00 bits per heavy atom. The first kappa shape index (κ1) is 18.3. The summed E-state index contributed by atoms with van der Waals surface area (Å²) < 4.78 is 49.8. The second-order valence-corrected chi connectivity index (χ2v) is 4.77. The fourth-order valence-corrected chi connectivity index (χ4v) is 1.96. The lowest BCUT2D eigenvalue weighted by Gasteiger charge is -2.10. The highest BCUT2D eigenvalue weighted by molar-refractivity contribution is 6.01. The second kappa shape index (κ2) is 7.69. The summed E-state index contributed by atoms with van der Waals surface area (Å²) in [6.07, 6.45) is -4.82. The molecule has 0 aromatic heterocycles. The van der Waals surface area contributed by atoms with E-state index in [9.17, 15) is 22.8 Å². The summed E-state index contributed by atoms with van der Waals surface area (Å²) >= 11 is 0. The van der Waals surface area contributed by atoms with Crippen LogP contribution in [0.3, 0.4) is 0 Å². The van der Waals surface area contributed by atoms with Gasteiger partial charge in [0, 0.05) is 0 Å². The fourth-order valence-electron chi connectivity index (χ4n) is 1.96. The predicted molar refractivity (Wildman–Crippen MR) is 80.7 cm³/mol. The average Bonchev–Trinajstić information content (AvgIpc) is 2.58. The number of halogens is 3. The van der Waals surface area contributed by atoms with Gasteiger partial charge < -0.3 is 14.2 Å². The summed E-state index contributed by atoms with van der Waals surface area (Å²) in [4.78, 5) is 23.9. The Bertz CT molecular complexity index is 754. The van der Waals surface area contributed by atoms with Crippen molar-refractivity contribution in [3.63, 3.8) is 0 Å². The minimum atomic E-state index is -4.82. The summed E-state index contributed by atoms with van der Waals surface area (Å²) in [5, 5.41) is 0. The number of esters is 1. The Morgan fingerprint density at radius 3 is 2.24 bits per heavy atom. The highest BCUT2D eigenvalue weighted by Gasteiger charge is 2.31. The number of alkyl halides is 3. The van der Waals surface area contributed by atoms with Crippen LogP contribution in [0.2, 0.25) is 0 Å². The average molecular weight is 354 g/mol. The number of ketones is 1. The molecule has 0 unspecified atom stereocenters. The Labute approximate surface area is 140 Å². The van der Waals surface area contributed by atoms with Crippen molar-refractivity contribution in [2.75, 3.05) is 13.7 Å². The standard InChI is InChI=1S/C17H13F3O5/c1-23-15-5-3-2-4-13(15)14(21)10-24-16(22)11-6-8-12(9-7-11)25-17(18,19)20/h2-9H,10H2,1H3. The molecule has 25 heavy (non-hydrogen) atoms. The Morgan fingerprint density at radius 2 is 1.64 bits per heavy atom. The molecule has 2 aromatic carbocycles. The zero-order chi connectivity index (χ0) is 18.4. The predicted octanol–water partition coefficient (Wildman–Crippen LogP) is 3.63. The number of carbonyl (C=O) groups excluding carboxylic acids is 2. The van der Waals surface area contributed by atoms with E-state index in [-0.39, 0.29) is 11.1 Å². The van der Waals surface area contributed by atoms with Gasteiger partial charge in [-0.15, -0.1) is 13.2 Å². The molecule has 0 N–H and O–H groups in total. The van der Waals surface area contributed by atoms with E-state index >= 15 is 0 Å². The van der Waals surface area contributed by atoms with Gasteiger partial charge in [0.15, 0.2) is 6.61 Å². The van der Waals surface area contributed by atoms with Crippen molar-refractivity contribution in [2.45, 2.75) is 6.36 Å². The van der Waals surface area contributed by atoms with Gasteiger partial charge in [0.25, 0.3) is 0 Å². The summed E-state index contributed by atoms with van der Waals surface area (Å²) in [6.45, 7) is -0.528. The molecule has 0 fully saturated rings. The number of Topliss-reactive ketones (excluding diaryl/α,β-unsaturated/α-hetero) is 1. The highest BCUT2D eigenvalue weighted by Crippen LogP contribution is 2.23. The third-order valence-corrected chi connectivity index (χ3v) is 3.07. The van der Waals surface area contributed by atoms with Gasteiger partial charge in [0.05, 0.1) is 18.2 Å². The van der Waals surface area contributed by atoms with E-state index in [2.05, 4.69) is 4.74 Å². The van der Waals surface area contributed by atoms with E-state index in [4.69, 9.17) is 9.47 Å². The SMILES string of the molecule is COc1ccccc1C(=O)COC(=O)c1ccc(OC(F)(F)F)cc1. The number of rotatable bonds is 6. The summed E-state index contributed by atoms with van der Waals surface area (Å²) in [6, 6.07) is 10.6. The lowest BCUT2D eigenvalue weighted by atomic mass is 10.1. The lowest BCUT2D eigenvalue weighted by molar-refractivity contribution is -0.274. The number of hydrogen-bond donors (Lipinski definition) is 0. The van der Waals surface area contributed by atoms with Crippen molar-refractivity contribution in [3.05, 3.63) is 59.7 Å². The van der Waals surface area contributed by atoms with Gasteiger partial charge in [-0.3, -0.25) is 4.79 Å². The van der Waals surface area contributed by atoms with E-state index in [0.29, 0.717) is 5.75 Å². The van der Waals surface area contributed by atoms with Gasteiger partial charge in [0.2, 0.25) is 5.78 Å². The monoisotopic (exact) mass is 354 g/mol. The van der Waals surface area contributed by atoms with Crippen LogP contribution in [0.5, 0.6) is 11.5 Å². The normalized spacial score (nSPS) is 10.9. The van der Waals surface area contributed by atoms with E-state index in [1.807, 2.05) is 0 Å². The van der Waals surface area contributed by atoms with Gasteiger partial charge in [-0.05, 0) is 36.4 Å². The molecular formula is C17H13F3O5. The second-order valence-electron chi connectivity index (χ2n) is 4.77. The van der Waals surface area contributed by atoms with Crippen molar-refractivity contribution in [1.82, 2.24) is 0 Å². The summed E-state index contributed by atoms with van der Waals surface area (Å²) in [7, 11) is 1.41. The van der Waals surface area contributed by atoms with Crippen molar-refractivity contribution < 1.29 is 37.0 Å². The number of methoxy groups -OCH3 is 1. The minimum Gasteiger partial charge on any atom is -0.496 e. The zero-order valence-corrected chi connectivity index (χ0v) is 13.0. The minimum absolute atomic E-state index is 0.0117. The molecule has 0 aliphatic heterocycles. The molecule has 0 radical (unpaired) electrons. The van der Waals surface area contributed by atoms with Crippen LogP contribution >= 0.6 is 0 Å². The zero-order valence-electron chi connectivity index (χ0n) is 13.0. The van der Waals surface area contributed by atoms with Crippen LogP contribution in [0.1, 0.15) is 20.7 Å². The van der Waals surface area contributed by atoms with Gasteiger partial charge in [-0.25, -0.2) is 4.79 Å². The third kappa shape index (κ3) is 5.23. The van der Waals surface area contributed by atoms with Crippen molar-refractivity contribution >= 4 is 11.8 Å². The number of ether oxygens (including phenoxy) is 3. The number of para-hydroxylation sites is 1. The maximum absolute atomic E-state index is 12.1. The fraction of sp³-hybridized carbons (Fsp3) is 0.176. The van der Waals surface area contributed by atoms with E-state index in [1.165, 1.54) is 13.2 Å². The molecule has 0 aliphatic carbocycles. The largest absolute Gasteiger partial charge is 0.573 e. The van der Waals surface area contributed by atoms with Crippen LogP contribution in [0.25, 0.3) is 0 Å². The molecular weight excluding hydrogens is 341 g/mol. The summed E-state index contributed by atoms with van der Waals surface area (Å²) in [5.41, 5.74) is 0.245. The molecule has 0 heterocycles. The number of benzene rings is 2. The van der Waals surface area contributed by atoms with Crippen LogP contribution in [0.15, 0.2) is 48.5 Å². The van der Waals surface area contributed by atoms with Crippen LogP contribution in [-0.4, -0.2) is 31.8 Å². The van der Waals surface area contributed by atoms with Crippen LogP contribution < -0.4 is 9.47 Å². The van der Waals surface area contributed by atoms with Crippen LogP contribution in [-0.2, 0) is 4.74 Å². The molecule has 0 atom stereocenters. The van der Waals surface area contributed by atoms with Crippen molar-refractivity contribution in [2.24, 2.45) is 0 Å². The maximum Gasteiger partial charge on any atom is 0.573 e. The van der Waals surface area contributed by atoms with Crippen LogP contribution in [0, 0.1) is 0 Å². The molecule has 5 nitrogen and oxygen atoms in total. The smallest absolute Gasteiger partial charge is 0.496 e. The molecule has 0 spiro atoms. The van der Waals surface area contributed by atoms with E-state index in [1.54, 1.807) is 18.2 Å². The van der Waals surface area contributed by atoms with Crippen molar-refractivity contribution in [3.8, 4) is 11.5 Å². The van der Waals surface area contributed by atoms with Crippen molar-refractivity contribution in [1.29, 1.82) is 0 Å². The topological polar surface area (TPSA) is 61.8 Å². The Hall–Kier alpha value is -3.03. The molecule has 2 rings (SSSR count). The molecule has 0 saturated carbocycles. The number of carbonyl (C=O) groups is 2. The third-order valence-electron chi connectivity index (χ3n) is 3.07. The maximum atomic E-state index is 12.1. The highest BCUT2D eigenvalue weighted by atomic mass is 19.4. The summed E-state index contributed by atoms with van der Waals surface area (Å²) in [5.74, 6) is -1.43. The Kier molecular flexibility index (Phi) is 5.63. The van der Waals surface area contributed by atoms with Crippen LogP contribution in [0.4, 0.5) is 13.2 Å². The first-order chi connectivity index (χ1) is 11.8. The Balaban J connectivity index is 1.97. The van der Waals surface area contributed by atoms with Gasteiger partial charge in [-0.1, -0.05) is 12.1 Å². The van der Waals surface area contributed by atoms with Gasteiger partial charge in [-0.2, -0.15) is 0 Å². The molecule has 0 amide bonds. The van der Waals surface area contributed by atoms with E-state index < -0.39 is 30.5 Å². The lowest BCUT2D eigenvalue weighted by Crippen LogP contribution is -2.17. The quantitative estimate of drug-likeness (QED) is 0.586. The molecule has 132 valence electrons. The van der Waals surface area contributed by atoms with Gasteiger partial charge in [0.1, 0.15) is 11.5 Å². The molecule has 0 aliphatic rings. The molecule has 2 aromatic rings. The van der Waals surface area contributed by atoms with E-state index in [0.717, 1.165) is 24.3 Å². The van der Waals surface area contributed by atoms with Gasteiger partial charge >= 0.3 is 12.3 Å². The molecule has 0 saturated heterocycles. The molecule has 8 heteroatoms. The number of hydrogen-bond acceptors (Lipinski definition) is 5.